The molecule has 2 heteroatoms. The molecular weight excluding hydrogens is 150 g/mol. The zero-order valence-corrected chi connectivity index (χ0v) is 7.63. The molecule has 2 nitrogen and oxygen atoms in total. The van der Waals surface area contributed by atoms with E-state index in [-0.39, 0.29) is 11.5 Å². The highest BCUT2D eigenvalue weighted by atomic mass is 16.3. The Morgan fingerprint density at radius 2 is 2.33 bits per heavy atom. The standard InChI is InChI=1S/C10H15NO/c1-10(2)5-3-8-7(9(10)11)4-6-12-8/h4,6,9H,3,5,11H2,1-2H3/t9-/m0/s1. The van der Waals surface area contributed by atoms with Crippen LogP contribution in [-0.4, -0.2) is 0 Å². The van der Waals surface area contributed by atoms with Crippen LogP contribution in [-0.2, 0) is 6.42 Å². The minimum absolute atomic E-state index is 0.139. The van der Waals surface area contributed by atoms with Gasteiger partial charge in [-0.05, 0) is 17.9 Å². The van der Waals surface area contributed by atoms with Gasteiger partial charge in [-0.15, -0.1) is 0 Å². The maximum atomic E-state index is 6.11. The molecule has 1 atom stereocenters. The largest absolute Gasteiger partial charge is 0.469 e. The van der Waals surface area contributed by atoms with Gasteiger partial charge in [-0.1, -0.05) is 13.8 Å². The third kappa shape index (κ3) is 0.985. The summed E-state index contributed by atoms with van der Waals surface area (Å²) in [6, 6.07) is 2.14. The lowest BCUT2D eigenvalue weighted by molar-refractivity contribution is 0.236. The number of nitrogens with two attached hydrogens (primary N) is 1. The number of fused-ring (bicyclic) bond motifs is 1. The summed E-state index contributed by atoms with van der Waals surface area (Å²) in [6.07, 6.45) is 3.89. The molecule has 0 spiro atoms. The van der Waals surface area contributed by atoms with Crippen molar-refractivity contribution in [3.05, 3.63) is 23.7 Å². The minimum atomic E-state index is 0.139. The van der Waals surface area contributed by atoms with Gasteiger partial charge in [0.25, 0.3) is 0 Å². The minimum Gasteiger partial charge on any atom is -0.469 e. The summed E-state index contributed by atoms with van der Waals surface area (Å²) in [5, 5.41) is 0. The highest BCUT2D eigenvalue weighted by molar-refractivity contribution is 5.26. The predicted molar refractivity (Wildman–Crippen MR) is 47.7 cm³/mol. The first-order valence-corrected chi connectivity index (χ1v) is 4.43. The molecule has 0 saturated heterocycles. The molecule has 0 amide bonds. The highest BCUT2D eigenvalue weighted by Crippen LogP contribution is 2.41. The van der Waals surface area contributed by atoms with Crippen LogP contribution in [0.25, 0.3) is 0 Å². The molecule has 1 heterocycles. The summed E-state index contributed by atoms with van der Waals surface area (Å²) in [4.78, 5) is 0. The summed E-state index contributed by atoms with van der Waals surface area (Å²) in [5.41, 5.74) is 7.53. The Hall–Kier alpha value is -0.760. The molecule has 0 saturated carbocycles. The van der Waals surface area contributed by atoms with E-state index in [0.717, 1.165) is 18.6 Å². The van der Waals surface area contributed by atoms with E-state index in [1.54, 1.807) is 6.26 Å². The van der Waals surface area contributed by atoms with Crippen LogP contribution < -0.4 is 5.73 Å². The van der Waals surface area contributed by atoms with Crippen LogP contribution in [0.5, 0.6) is 0 Å². The Balaban J connectivity index is 2.42. The molecular formula is C10H15NO. The number of hydrogen-bond acceptors (Lipinski definition) is 2. The predicted octanol–water partition coefficient (Wildman–Crippen LogP) is 2.25. The normalized spacial score (nSPS) is 26.8. The highest BCUT2D eigenvalue weighted by Gasteiger charge is 2.34. The van der Waals surface area contributed by atoms with E-state index in [0.29, 0.717) is 0 Å². The first kappa shape index (κ1) is 7.87. The van der Waals surface area contributed by atoms with Crippen molar-refractivity contribution < 1.29 is 4.42 Å². The zero-order chi connectivity index (χ0) is 8.77. The topological polar surface area (TPSA) is 39.2 Å². The quantitative estimate of drug-likeness (QED) is 0.640. The van der Waals surface area contributed by atoms with Gasteiger partial charge in [-0.25, -0.2) is 0 Å². The van der Waals surface area contributed by atoms with Gasteiger partial charge >= 0.3 is 0 Å². The third-order valence-corrected chi connectivity index (χ3v) is 2.95. The summed E-state index contributed by atoms with van der Waals surface area (Å²) in [5.74, 6) is 1.09. The van der Waals surface area contributed by atoms with Crippen LogP contribution in [0, 0.1) is 5.41 Å². The first-order chi connectivity index (χ1) is 5.61. The number of aryl methyl sites for hydroxylation is 1. The number of hydrogen-bond donors (Lipinski definition) is 1. The second kappa shape index (κ2) is 2.36. The summed E-state index contributed by atoms with van der Waals surface area (Å²) in [7, 11) is 0. The monoisotopic (exact) mass is 165 g/mol. The fourth-order valence-corrected chi connectivity index (χ4v) is 1.84. The van der Waals surface area contributed by atoms with E-state index in [4.69, 9.17) is 10.2 Å². The lowest BCUT2D eigenvalue weighted by atomic mass is 9.73. The van der Waals surface area contributed by atoms with Crippen LogP contribution in [0.2, 0.25) is 0 Å². The van der Waals surface area contributed by atoms with Crippen molar-refractivity contribution in [2.45, 2.75) is 32.7 Å². The smallest absolute Gasteiger partial charge is 0.108 e. The van der Waals surface area contributed by atoms with Gasteiger partial charge in [0.15, 0.2) is 0 Å². The molecule has 66 valence electrons. The molecule has 0 bridgehead atoms. The van der Waals surface area contributed by atoms with E-state index >= 15 is 0 Å². The van der Waals surface area contributed by atoms with Gasteiger partial charge in [-0.3, -0.25) is 0 Å². The van der Waals surface area contributed by atoms with Crippen molar-refractivity contribution in [1.82, 2.24) is 0 Å². The lowest BCUT2D eigenvalue weighted by Gasteiger charge is -2.35. The average molecular weight is 165 g/mol. The zero-order valence-electron chi connectivity index (χ0n) is 7.63. The van der Waals surface area contributed by atoms with Crippen molar-refractivity contribution >= 4 is 0 Å². The maximum absolute atomic E-state index is 6.11. The van der Waals surface area contributed by atoms with Crippen molar-refractivity contribution in [2.75, 3.05) is 0 Å². The summed E-state index contributed by atoms with van der Waals surface area (Å²) < 4.78 is 5.34. The molecule has 1 aromatic rings. The Morgan fingerprint density at radius 1 is 1.58 bits per heavy atom. The number of rotatable bonds is 0. The lowest BCUT2D eigenvalue weighted by Crippen LogP contribution is -2.33. The second-order valence-electron chi connectivity index (χ2n) is 4.27. The Kier molecular flexibility index (Phi) is 1.55. The molecule has 0 fully saturated rings. The Bertz CT molecular complexity index is 288. The molecule has 1 aliphatic carbocycles. The number of furan rings is 1. The van der Waals surface area contributed by atoms with Crippen LogP contribution in [0.4, 0.5) is 0 Å². The van der Waals surface area contributed by atoms with Gasteiger partial charge in [0, 0.05) is 18.0 Å². The molecule has 12 heavy (non-hydrogen) atoms. The van der Waals surface area contributed by atoms with Crippen molar-refractivity contribution in [2.24, 2.45) is 11.1 Å². The van der Waals surface area contributed by atoms with E-state index in [1.165, 1.54) is 5.56 Å². The molecule has 0 aliphatic heterocycles. The second-order valence-corrected chi connectivity index (χ2v) is 4.27. The van der Waals surface area contributed by atoms with E-state index in [9.17, 15) is 0 Å². The van der Waals surface area contributed by atoms with Crippen molar-refractivity contribution in [3.63, 3.8) is 0 Å². The van der Waals surface area contributed by atoms with Gasteiger partial charge in [0.05, 0.1) is 6.26 Å². The Morgan fingerprint density at radius 3 is 3.08 bits per heavy atom. The summed E-state index contributed by atoms with van der Waals surface area (Å²) in [6.45, 7) is 4.43. The van der Waals surface area contributed by atoms with E-state index in [1.807, 2.05) is 6.07 Å². The van der Waals surface area contributed by atoms with Gasteiger partial charge in [0.1, 0.15) is 5.76 Å². The fraction of sp³-hybridized carbons (Fsp3) is 0.600. The molecule has 2 N–H and O–H groups in total. The van der Waals surface area contributed by atoms with Gasteiger partial charge in [0.2, 0.25) is 0 Å². The van der Waals surface area contributed by atoms with Crippen LogP contribution in [0.15, 0.2) is 16.7 Å². The SMILES string of the molecule is CC1(C)CCc2occc2[C@@H]1N. The Labute approximate surface area is 72.7 Å². The first-order valence-electron chi connectivity index (χ1n) is 4.43. The van der Waals surface area contributed by atoms with E-state index < -0.39 is 0 Å². The van der Waals surface area contributed by atoms with E-state index in [2.05, 4.69) is 13.8 Å². The molecule has 0 radical (unpaired) electrons. The molecule has 1 aromatic heterocycles. The fourth-order valence-electron chi connectivity index (χ4n) is 1.84. The molecule has 1 aliphatic rings. The van der Waals surface area contributed by atoms with Crippen LogP contribution in [0.1, 0.15) is 37.6 Å². The van der Waals surface area contributed by atoms with Crippen molar-refractivity contribution in [1.29, 1.82) is 0 Å². The average Bonchev–Trinajstić information content (AvgIpc) is 2.45. The van der Waals surface area contributed by atoms with Crippen LogP contribution in [0.3, 0.4) is 0 Å². The van der Waals surface area contributed by atoms with Crippen molar-refractivity contribution in [3.8, 4) is 0 Å². The molecule has 2 rings (SSSR count). The van der Waals surface area contributed by atoms with Crippen LogP contribution >= 0.6 is 0 Å². The molecule has 0 aromatic carbocycles. The van der Waals surface area contributed by atoms with Gasteiger partial charge < -0.3 is 10.2 Å². The maximum Gasteiger partial charge on any atom is 0.108 e. The van der Waals surface area contributed by atoms with Gasteiger partial charge in [-0.2, -0.15) is 0 Å². The molecule has 0 unspecified atom stereocenters. The summed E-state index contributed by atoms with van der Waals surface area (Å²) >= 11 is 0. The third-order valence-electron chi connectivity index (χ3n) is 2.95.